The molecule has 11 heteroatoms. The van der Waals surface area contributed by atoms with E-state index in [1.165, 1.54) is 24.1 Å². The zero-order chi connectivity index (χ0) is 30.9. The van der Waals surface area contributed by atoms with Crippen LogP contribution < -0.4 is 19.1 Å². The van der Waals surface area contributed by atoms with E-state index in [0.717, 1.165) is 28.6 Å². The Morgan fingerprint density at radius 2 is 1.62 bits per heavy atom. The minimum Gasteiger partial charge on any atom is -0.497 e. The van der Waals surface area contributed by atoms with Gasteiger partial charge in [-0.1, -0.05) is 26.0 Å². The number of anilines is 1. The molecule has 42 heavy (non-hydrogen) atoms. The zero-order valence-electron chi connectivity index (χ0n) is 24.5. The third-order valence-corrected chi connectivity index (χ3v) is 8.24. The summed E-state index contributed by atoms with van der Waals surface area (Å²) in [5, 5.41) is 2.85. The Morgan fingerprint density at radius 1 is 0.952 bits per heavy atom. The molecule has 0 saturated carbocycles. The van der Waals surface area contributed by atoms with Gasteiger partial charge < -0.3 is 19.7 Å². The molecular weight excluding hydrogens is 561 g/mol. The van der Waals surface area contributed by atoms with Gasteiger partial charge in [0, 0.05) is 13.1 Å². The van der Waals surface area contributed by atoms with Crippen molar-refractivity contribution in [2.75, 3.05) is 31.1 Å². The Kier molecular flexibility index (Phi) is 11.3. The van der Waals surface area contributed by atoms with Crippen molar-refractivity contribution in [3.05, 3.63) is 84.2 Å². The number of sulfonamides is 1. The molecule has 1 N–H and O–H groups in total. The van der Waals surface area contributed by atoms with Crippen LogP contribution >= 0.6 is 0 Å². The molecule has 1 unspecified atom stereocenters. The lowest BCUT2D eigenvalue weighted by Gasteiger charge is -2.32. The van der Waals surface area contributed by atoms with Crippen LogP contribution in [0.2, 0.25) is 0 Å². The van der Waals surface area contributed by atoms with Crippen LogP contribution in [-0.4, -0.2) is 58.0 Å². The van der Waals surface area contributed by atoms with Gasteiger partial charge in [-0.05, 0) is 86.0 Å². The molecule has 0 fully saturated rings. The first-order chi connectivity index (χ1) is 20.0. The van der Waals surface area contributed by atoms with E-state index >= 15 is 0 Å². The van der Waals surface area contributed by atoms with Gasteiger partial charge in [-0.15, -0.1) is 0 Å². The molecule has 0 bridgehead atoms. The molecule has 0 aliphatic carbocycles. The predicted molar refractivity (Wildman–Crippen MR) is 159 cm³/mol. The Labute approximate surface area is 247 Å². The maximum Gasteiger partial charge on any atom is 0.264 e. The number of methoxy groups -OCH3 is 1. The molecule has 3 aromatic rings. The number of benzene rings is 3. The third kappa shape index (κ3) is 8.45. The minimum atomic E-state index is -4.32. The van der Waals surface area contributed by atoms with Gasteiger partial charge in [-0.3, -0.25) is 13.9 Å². The molecule has 0 spiro atoms. The molecule has 0 radical (unpaired) electrons. The third-order valence-electron chi connectivity index (χ3n) is 6.46. The van der Waals surface area contributed by atoms with Crippen molar-refractivity contribution in [3.8, 4) is 11.5 Å². The van der Waals surface area contributed by atoms with E-state index in [1.807, 2.05) is 20.8 Å². The van der Waals surface area contributed by atoms with Crippen molar-refractivity contribution in [1.29, 1.82) is 0 Å². The maximum absolute atomic E-state index is 14.0. The minimum absolute atomic E-state index is 0.0278. The quantitative estimate of drug-likeness (QED) is 0.290. The largest absolute Gasteiger partial charge is 0.497 e. The number of rotatable bonds is 14. The number of carbonyl (C=O) groups excluding carboxylic acids is 2. The second kappa shape index (κ2) is 14.7. The van der Waals surface area contributed by atoms with Crippen LogP contribution in [0, 0.1) is 11.7 Å². The molecule has 0 aromatic heterocycles. The monoisotopic (exact) mass is 599 g/mol. The highest BCUT2D eigenvalue weighted by Crippen LogP contribution is 2.27. The van der Waals surface area contributed by atoms with E-state index in [-0.39, 0.29) is 29.0 Å². The molecule has 3 rings (SSSR count). The summed E-state index contributed by atoms with van der Waals surface area (Å²) in [6.07, 6.45) is 0. The van der Waals surface area contributed by atoms with Gasteiger partial charge in [-0.2, -0.15) is 0 Å². The van der Waals surface area contributed by atoms with Crippen LogP contribution in [-0.2, 0) is 26.2 Å². The Balaban J connectivity index is 2.02. The number of halogens is 1. The number of hydrogen-bond acceptors (Lipinski definition) is 6. The van der Waals surface area contributed by atoms with Crippen molar-refractivity contribution < 1.29 is 31.9 Å². The summed E-state index contributed by atoms with van der Waals surface area (Å²) in [7, 11) is -2.79. The molecule has 3 aromatic carbocycles. The second-order valence-corrected chi connectivity index (χ2v) is 11.9. The van der Waals surface area contributed by atoms with Crippen LogP contribution in [0.1, 0.15) is 33.3 Å². The van der Waals surface area contributed by atoms with E-state index in [2.05, 4.69) is 5.32 Å². The van der Waals surface area contributed by atoms with Crippen molar-refractivity contribution >= 4 is 27.5 Å². The van der Waals surface area contributed by atoms with E-state index in [4.69, 9.17) is 9.47 Å². The van der Waals surface area contributed by atoms with Gasteiger partial charge in [0.15, 0.2) is 0 Å². The lowest BCUT2D eigenvalue weighted by molar-refractivity contribution is -0.139. The van der Waals surface area contributed by atoms with Gasteiger partial charge in [0.05, 0.1) is 24.3 Å². The first-order valence-electron chi connectivity index (χ1n) is 13.7. The van der Waals surface area contributed by atoms with Crippen molar-refractivity contribution in [2.24, 2.45) is 5.92 Å². The molecule has 0 aliphatic rings. The van der Waals surface area contributed by atoms with Crippen LogP contribution in [0.15, 0.2) is 77.7 Å². The van der Waals surface area contributed by atoms with Gasteiger partial charge in [-0.25, -0.2) is 12.8 Å². The van der Waals surface area contributed by atoms with Crippen molar-refractivity contribution in [2.45, 2.75) is 45.2 Å². The average Bonchev–Trinajstić information content (AvgIpc) is 2.97. The molecular formula is C31H38FN3O6S. The number of amides is 2. The molecule has 0 saturated heterocycles. The number of nitrogens with zero attached hydrogens (tertiary/aromatic N) is 2. The normalized spacial score (nSPS) is 12.0. The highest BCUT2D eigenvalue weighted by molar-refractivity contribution is 7.92. The van der Waals surface area contributed by atoms with E-state index < -0.39 is 34.3 Å². The first-order valence-corrected chi connectivity index (χ1v) is 15.1. The van der Waals surface area contributed by atoms with Gasteiger partial charge in [0.2, 0.25) is 11.8 Å². The van der Waals surface area contributed by atoms with E-state index in [9.17, 15) is 22.4 Å². The standard InChI is InChI=1S/C31H38FN3O6S/c1-6-41-27-14-12-26(13-15-27)35(42(38,39)29-16-10-25(32)11-17-29)21-30(36)34(23(4)31(37)33-19-22(2)3)20-24-8-7-9-28(18-24)40-5/h7-18,22-23H,6,19-21H2,1-5H3,(H,33,37). The van der Waals surface area contributed by atoms with Gasteiger partial charge in [0.1, 0.15) is 29.9 Å². The number of nitrogens with one attached hydrogen (secondary N) is 1. The Hall–Kier alpha value is -4.12. The summed E-state index contributed by atoms with van der Waals surface area (Å²) in [5.74, 6) is -0.268. The van der Waals surface area contributed by atoms with Crippen molar-refractivity contribution in [1.82, 2.24) is 10.2 Å². The summed E-state index contributed by atoms with van der Waals surface area (Å²) in [6.45, 7) is 7.60. The average molecular weight is 600 g/mol. The lowest BCUT2D eigenvalue weighted by Crippen LogP contribution is -2.51. The number of hydrogen-bond donors (Lipinski definition) is 1. The highest BCUT2D eigenvalue weighted by Gasteiger charge is 2.32. The fourth-order valence-electron chi connectivity index (χ4n) is 4.14. The second-order valence-electron chi connectivity index (χ2n) is 10.1. The van der Waals surface area contributed by atoms with Crippen LogP contribution in [0.25, 0.3) is 0 Å². The summed E-state index contributed by atoms with van der Waals surface area (Å²) >= 11 is 0. The van der Waals surface area contributed by atoms with Crippen molar-refractivity contribution in [3.63, 3.8) is 0 Å². The topological polar surface area (TPSA) is 105 Å². The maximum atomic E-state index is 14.0. The molecule has 9 nitrogen and oxygen atoms in total. The highest BCUT2D eigenvalue weighted by atomic mass is 32.2. The molecule has 0 aliphatic heterocycles. The molecule has 1 atom stereocenters. The number of ether oxygens (including phenoxy) is 2. The van der Waals surface area contributed by atoms with Crippen LogP contribution in [0.5, 0.6) is 11.5 Å². The van der Waals surface area contributed by atoms with E-state index in [1.54, 1.807) is 43.3 Å². The number of carbonyl (C=O) groups is 2. The van der Waals surface area contributed by atoms with Crippen LogP contribution in [0.3, 0.4) is 0 Å². The molecule has 0 heterocycles. The lowest BCUT2D eigenvalue weighted by atomic mass is 10.1. The van der Waals surface area contributed by atoms with Crippen LogP contribution in [0.4, 0.5) is 10.1 Å². The summed E-state index contributed by atoms with van der Waals surface area (Å²) in [4.78, 5) is 28.2. The predicted octanol–water partition coefficient (Wildman–Crippen LogP) is 4.62. The molecule has 2 amide bonds. The zero-order valence-corrected chi connectivity index (χ0v) is 25.4. The fraction of sp³-hybridized carbons (Fsp3) is 0.355. The first kappa shape index (κ1) is 32.4. The van der Waals surface area contributed by atoms with Gasteiger partial charge in [0.25, 0.3) is 10.0 Å². The summed E-state index contributed by atoms with van der Waals surface area (Å²) in [5.41, 5.74) is 0.898. The smallest absolute Gasteiger partial charge is 0.264 e. The van der Waals surface area contributed by atoms with E-state index in [0.29, 0.717) is 30.2 Å². The Bertz CT molecular complexity index is 1450. The SMILES string of the molecule is CCOc1ccc(N(CC(=O)N(Cc2cccc(OC)c2)C(C)C(=O)NCC(C)C)S(=O)(=O)c2ccc(F)cc2)cc1. The summed E-state index contributed by atoms with van der Waals surface area (Å²) in [6, 6.07) is 16.8. The Morgan fingerprint density at radius 3 is 2.21 bits per heavy atom. The van der Waals surface area contributed by atoms with Gasteiger partial charge >= 0.3 is 0 Å². The molecule has 226 valence electrons. The fourth-order valence-corrected chi connectivity index (χ4v) is 5.55. The summed E-state index contributed by atoms with van der Waals surface area (Å²) < 4.78 is 53.1.